The van der Waals surface area contributed by atoms with Gasteiger partial charge in [0.05, 0.1) is 5.69 Å². The van der Waals surface area contributed by atoms with Crippen molar-refractivity contribution in [2.75, 3.05) is 11.4 Å². The van der Waals surface area contributed by atoms with Gasteiger partial charge >= 0.3 is 0 Å². The molecule has 1 aromatic carbocycles. The Labute approximate surface area is 155 Å². The summed E-state index contributed by atoms with van der Waals surface area (Å²) >= 11 is 1.53. The summed E-state index contributed by atoms with van der Waals surface area (Å²) in [6.07, 6.45) is 1.91. The monoisotopic (exact) mass is 363 g/mol. The van der Waals surface area contributed by atoms with E-state index < -0.39 is 0 Å². The number of nitrogens with zero attached hydrogens (tertiary/aromatic N) is 3. The van der Waals surface area contributed by atoms with E-state index in [1.165, 1.54) is 11.3 Å². The smallest absolute Gasteiger partial charge is 0.254 e. The molecule has 26 heavy (non-hydrogen) atoms. The molecule has 0 saturated heterocycles. The highest BCUT2D eigenvalue weighted by atomic mass is 32.1. The highest BCUT2D eigenvalue weighted by Gasteiger charge is 2.28. The van der Waals surface area contributed by atoms with E-state index in [0.717, 1.165) is 16.8 Å². The lowest BCUT2D eigenvalue weighted by molar-refractivity contribution is -0.118. The minimum absolute atomic E-state index is 0.00619. The topological polar surface area (TPSA) is 53.5 Å². The van der Waals surface area contributed by atoms with Crippen molar-refractivity contribution in [3.63, 3.8) is 0 Å². The third kappa shape index (κ3) is 3.11. The summed E-state index contributed by atoms with van der Waals surface area (Å²) < 4.78 is 0. The molecule has 0 fully saturated rings. The first kappa shape index (κ1) is 16.5. The maximum Gasteiger partial charge on any atom is 0.254 e. The Morgan fingerprint density at radius 1 is 1.15 bits per heavy atom. The molecule has 0 bridgehead atoms. The zero-order valence-electron chi connectivity index (χ0n) is 14.0. The number of anilines is 2. The van der Waals surface area contributed by atoms with E-state index >= 15 is 0 Å². The number of pyridine rings is 1. The molecule has 4 rings (SSSR count). The van der Waals surface area contributed by atoms with Crippen LogP contribution in [-0.2, 0) is 11.3 Å². The molecule has 0 radical (unpaired) electrons. The van der Waals surface area contributed by atoms with Crippen LogP contribution >= 0.6 is 11.3 Å². The van der Waals surface area contributed by atoms with Crippen molar-refractivity contribution in [2.24, 2.45) is 0 Å². The predicted molar refractivity (Wildman–Crippen MR) is 102 cm³/mol. The standard InChI is InChI=1S/C20H17N3O2S/c24-19(8-11-22-13-15-5-1-2-6-17(15)20(22)25)23(16-9-12-26-14-16)18-7-3-4-10-21-18/h1-7,9-10,12,14H,8,11,13H2. The van der Waals surface area contributed by atoms with Gasteiger partial charge < -0.3 is 4.90 Å². The van der Waals surface area contributed by atoms with Gasteiger partial charge in [-0.3, -0.25) is 14.5 Å². The molecular weight excluding hydrogens is 346 g/mol. The fourth-order valence-corrected chi connectivity index (χ4v) is 3.73. The number of rotatable bonds is 5. The first-order valence-electron chi connectivity index (χ1n) is 8.37. The van der Waals surface area contributed by atoms with Crippen molar-refractivity contribution in [3.8, 4) is 0 Å². The molecule has 1 aliphatic rings. The lowest BCUT2D eigenvalue weighted by Crippen LogP contribution is -2.32. The van der Waals surface area contributed by atoms with E-state index in [9.17, 15) is 9.59 Å². The van der Waals surface area contributed by atoms with Gasteiger partial charge in [-0.1, -0.05) is 24.3 Å². The number of carbonyl (C=O) groups is 2. The van der Waals surface area contributed by atoms with E-state index in [-0.39, 0.29) is 18.2 Å². The molecule has 2 aromatic heterocycles. The van der Waals surface area contributed by atoms with Crippen LogP contribution in [-0.4, -0.2) is 28.2 Å². The first-order chi connectivity index (χ1) is 12.7. The largest absolute Gasteiger partial charge is 0.334 e. The summed E-state index contributed by atoms with van der Waals surface area (Å²) in [4.78, 5) is 33.1. The number of thiophene rings is 1. The lowest BCUT2D eigenvalue weighted by Gasteiger charge is -2.22. The summed E-state index contributed by atoms with van der Waals surface area (Å²) in [6, 6.07) is 15.0. The normalized spacial score (nSPS) is 12.9. The van der Waals surface area contributed by atoms with Crippen LogP contribution in [0.2, 0.25) is 0 Å². The van der Waals surface area contributed by atoms with E-state index in [0.29, 0.717) is 18.9 Å². The molecule has 5 nitrogen and oxygen atoms in total. The van der Waals surface area contributed by atoms with Crippen LogP contribution in [0.25, 0.3) is 0 Å². The Bertz CT molecular complexity index is 925. The SMILES string of the molecule is O=C1c2ccccc2CN1CCC(=O)N(c1ccsc1)c1ccccn1. The van der Waals surface area contributed by atoms with Crippen LogP contribution in [0.1, 0.15) is 22.3 Å². The molecule has 0 atom stereocenters. The molecule has 2 amide bonds. The maximum absolute atomic E-state index is 12.9. The molecule has 3 heterocycles. The third-order valence-electron chi connectivity index (χ3n) is 4.38. The summed E-state index contributed by atoms with van der Waals surface area (Å²) in [5.74, 6) is 0.506. The molecule has 130 valence electrons. The van der Waals surface area contributed by atoms with Gasteiger partial charge in [-0.15, -0.1) is 0 Å². The average Bonchev–Trinajstić information content (AvgIpc) is 3.30. The van der Waals surface area contributed by atoms with Crippen LogP contribution in [0.15, 0.2) is 65.5 Å². The summed E-state index contributed by atoms with van der Waals surface area (Å²) in [6.45, 7) is 0.949. The number of fused-ring (bicyclic) bond motifs is 1. The summed E-state index contributed by atoms with van der Waals surface area (Å²) in [7, 11) is 0. The minimum Gasteiger partial charge on any atom is -0.334 e. The minimum atomic E-state index is -0.0779. The van der Waals surface area contributed by atoms with Crippen LogP contribution < -0.4 is 4.90 Å². The molecule has 0 spiro atoms. The highest BCUT2D eigenvalue weighted by molar-refractivity contribution is 7.08. The second-order valence-electron chi connectivity index (χ2n) is 6.03. The molecule has 0 unspecified atom stereocenters. The van der Waals surface area contributed by atoms with Gasteiger partial charge in [0.15, 0.2) is 0 Å². The Balaban J connectivity index is 1.49. The van der Waals surface area contributed by atoms with Gasteiger partial charge in [0.25, 0.3) is 5.91 Å². The average molecular weight is 363 g/mol. The molecule has 1 aliphatic heterocycles. The summed E-state index contributed by atoms with van der Waals surface area (Å²) in [5.41, 5.74) is 2.55. The van der Waals surface area contributed by atoms with Gasteiger partial charge in [-0.05, 0) is 35.2 Å². The molecule has 6 heteroatoms. The number of aromatic nitrogens is 1. The Morgan fingerprint density at radius 3 is 2.73 bits per heavy atom. The van der Waals surface area contributed by atoms with Gasteiger partial charge in [0.1, 0.15) is 5.82 Å². The zero-order valence-corrected chi connectivity index (χ0v) is 14.9. The molecule has 0 saturated carbocycles. The molecule has 0 aliphatic carbocycles. The van der Waals surface area contributed by atoms with Crippen molar-refractivity contribution in [3.05, 3.63) is 76.6 Å². The number of hydrogen-bond acceptors (Lipinski definition) is 4. The highest BCUT2D eigenvalue weighted by Crippen LogP contribution is 2.27. The quantitative estimate of drug-likeness (QED) is 0.692. The van der Waals surface area contributed by atoms with E-state index in [1.807, 2.05) is 59.3 Å². The lowest BCUT2D eigenvalue weighted by atomic mass is 10.1. The van der Waals surface area contributed by atoms with Crippen molar-refractivity contribution in [1.82, 2.24) is 9.88 Å². The van der Waals surface area contributed by atoms with Gasteiger partial charge in [0, 0.05) is 36.7 Å². The van der Waals surface area contributed by atoms with Crippen molar-refractivity contribution >= 4 is 34.7 Å². The number of carbonyl (C=O) groups excluding carboxylic acids is 2. The van der Waals surface area contributed by atoms with Crippen LogP contribution in [0, 0.1) is 0 Å². The van der Waals surface area contributed by atoms with Crippen LogP contribution in [0.3, 0.4) is 0 Å². The van der Waals surface area contributed by atoms with Gasteiger partial charge in [-0.25, -0.2) is 4.98 Å². The van der Waals surface area contributed by atoms with Crippen molar-refractivity contribution in [2.45, 2.75) is 13.0 Å². The van der Waals surface area contributed by atoms with Gasteiger partial charge in [-0.2, -0.15) is 11.3 Å². The third-order valence-corrected chi connectivity index (χ3v) is 5.05. The van der Waals surface area contributed by atoms with Crippen LogP contribution in [0.5, 0.6) is 0 Å². The second-order valence-corrected chi connectivity index (χ2v) is 6.81. The Kier molecular flexibility index (Phi) is 4.50. The number of hydrogen-bond donors (Lipinski definition) is 0. The molecular formula is C20H17N3O2S. The van der Waals surface area contributed by atoms with Crippen LogP contribution in [0.4, 0.5) is 11.5 Å². The maximum atomic E-state index is 12.9. The van der Waals surface area contributed by atoms with E-state index in [1.54, 1.807) is 16.0 Å². The Morgan fingerprint density at radius 2 is 2.00 bits per heavy atom. The van der Waals surface area contributed by atoms with Crippen molar-refractivity contribution < 1.29 is 9.59 Å². The van der Waals surface area contributed by atoms with E-state index in [4.69, 9.17) is 0 Å². The second kappa shape index (κ2) is 7.09. The number of amides is 2. The van der Waals surface area contributed by atoms with E-state index in [2.05, 4.69) is 4.98 Å². The van der Waals surface area contributed by atoms with Gasteiger partial charge in [0.2, 0.25) is 5.91 Å². The number of benzene rings is 1. The van der Waals surface area contributed by atoms with Crippen molar-refractivity contribution in [1.29, 1.82) is 0 Å². The fourth-order valence-electron chi connectivity index (χ4n) is 3.11. The fraction of sp³-hybridized carbons (Fsp3) is 0.150. The molecule has 3 aromatic rings. The first-order valence-corrected chi connectivity index (χ1v) is 9.31. The Hall–Kier alpha value is -2.99. The zero-order chi connectivity index (χ0) is 17.9. The predicted octanol–water partition coefficient (Wildman–Crippen LogP) is 3.85. The summed E-state index contributed by atoms with van der Waals surface area (Å²) in [5, 5.41) is 3.85. The molecule has 0 N–H and O–H groups in total.